The lowest BCUT2D eigenvalue weighted by atomic mass is 10.2. The number of benzene rings is 2. The van der Waals surface area contributed by atoms with Gasteiger partial charge in [-0.3, -0.25) is 0 Å². The second-order valence-electron chi connectivity index (χ2n) is 5.40. The molecular formula is C19H18FIO4. The lowest BCUT2D eigenvalue weighted by molar-refractivity contribution is -0.144. The molecule has 0 saturated heterocycles. The van der Waals surface area contributed by atoms with Crippen LogP contribution in [0, 0.1) is 12.7 Å². The molecule has 2 aromatic carbocycles. The largest absolute Gasteiger partial charge is 0.489 e. The predicted molar refractivity (Wildman–Crippen MR) is 103 cm³/mol. The predicted octanol–water partition coefficient (Wildman–Crippen LogP) is 4.84. The molecule has 2 aromatic rings. The Morgan fingerprint density at radius 3 is 2.56 bits per heavy atom. The maximum atomic E-state index is 12.9. The van der Waals surface area contributed by atoms with E-state index in [0.29, 0.717) is 18.1 Å². The number of carbonyl (C=O) groups is 1. The zero-order valence-corrected chi connectivity index (χ0v) is 16.0. The maximum absolute atomic E-state index is 12.9. The molecule has 0 radical (unpaired) electrons. The van der Waals surface area contributed by atoms with E-state index >= 15 is 0 Å². The van der Waals surface area contributed by atoms with Gasteiger partial charge in [0, 0.05) is 3.58 Å². The monoisotopic (exact) mass is 456 g/mol. The normalized spacial score (nSPS) is 12.6. The van der Waals surface area contributed by atoms with Gasteiger partial charge in [-0.15, -0.1) is 0 Å². The molecule has 0 spiro atoms. The van der Waals surface area contributed by atoms with Crippen molar-refractivity contribution in [3.8, 4) is 11.5 Å². The highest BCUT2D eigenvalue weighted by Crippen LogP contribution is 2.25. The molecule has 2 rings (SSSR count). The van der Waals surface area contributed by atoms with Crippen LogP contribution >= 0.6 is 22.6 Å². The number of ether oxygens (including phenoxy) is 2. The fourth-order valence-electron chi connectivity index (χ4n) is 2.02. The van der Waals surface area contributed by atoms with Crippen molar-refractivity contribution in [2.24, 2.45) is 0 Å². The number of aliphatic carboxylic acids is 1. The highest BCUT2D eigenvalue weighted by atomic mass is 127. The molecule has 25 heavy (non-hydrogen) atoms. The zero-order valence-electron chi connectivity index (χ0n) is 13.8. The molecule has 0 bridgehead atoms. The van der Waals surface area contributed by atoms with Gasteiger partial charge >= 0.3 is 5.97 Å². The number of carboxylic acid groups (broad SMARTS) is 1. The van der Waals surface area contributed by atoms with Crippen molar-refractivity contribution >= 4 is 32.1 Å². The topological polar surface area (TPSA) is 55.8 Å². The van der Waals surface area contributed by atoms with Crippen LogP contribution in [0.15, 0.2) is 48.5 Å². The van der Waals surface area contributed by atoms with E-state index in [1.54, 1.807) is 30.3 Å². The quantitative estimate of drug-likeness (QED) is 0.606. The Hall–Kier alpha value is -2.09. The fourth-order valence-corrected chi connectivity index (χ4v) is 2.56. The Balaban J connectivity index is 1.97. The van der Waals surface area contributed by atoms with Crippen molar-refractivity contribution in [1.29, 1.82) is 0 Å². The molecule has 0 aliphatic heterocycles. The van der Waals surface area contributed by atoms with Gasteiger partial charge in [0.1, 0.15) is 23.9 Å². The number of aryl methyl sites for hydroxylation is 1. The van der Waals surface area contributed by atoms with Gasteiger partial charge in [-0.2, -0.15) is 0 Å². The smallest absolute Gasteiger partial charge is 0.344 e. The summed E-state index contributed by atoms with van der Waals surface area (Å²) in [6.45, 7) is 3.67. The van der Waals surface area contributed by atoms with E-state index in [2.05, 4.69) is 22.6 Å². The summed E-state index contributed by atoms with van der Waals surface area (Å²) in [5, 5.41) is 8.89. The summed E-state index contributed by atoms with van der Waals surface area (Å²) in [5.74, 6) is -0.106. The first-order valence-electron chi connectivity index (χ1n) is 7.61. The summed E-state index contributed by atoms with van der Waals surface area (Å²) < 4.78 is 24.9. The van der Waals surface area contributed by atoms with E-state index in [-0.39, 0.29) is 5.82 Å². The second kappa shape index (κ2) is 8.84. The van der Waals surface area contributed by atoms with Crippen molar-refractivity contribution in [2.45, 2.75) is 20.0 Å². The molecule has 0 aliphatic rings. The molecule has 0 aromatic heterocycles. The second-order valence-corrected chi connectivity index (χ2v) is 6.56. The average Bonchev–Trinajstić information content (AvgIpc) is 2.57. The van der Waals surface area contributed by atoms with Gasteiger partial charge in [0.2, 0.25) is 0 Å². The van der Waals surface area contributed by atoms with Crippen molar-refractivity contribution < 1.29 is 23.8 Å². The summed E-state index contributed by atoms with van der Waals surface area (Å²) in [7, 11) is 0. The maximum Gasteiger partial charge on any atom is 0.344 e. The van der Waals surface area contributed by atoms with Crippen LogP contribution in [0.1, 0.15) is 18.1 Å². The summed E-state index contributed by atoms with van der Waals surface area (Å²) in [6.07, 6.45) is 0.991. The Bertz CT molecular complexity index is 771. The summed E-state index contributed by atoms with van der Waals surface area (Å²) in [4.78, 5) is 10.8. The third kappa shape index (κ3) is 5.74. The first-order valence-corrected chi connectivity index (χ1v) is 8.69. The minimum atomic E-state index is -1.01. The SMILES string of the molecule is Cc1cc(OC/C=C(\I)c2ccc(F)cc2)ccc1OC(C)C(=O)O. The fraction of sp³-hybridized carbons (Fsp3) is 0.211. The van der Waals surface area contributed by atoms with Crippen molar-refractivity contribution in [3.63, 3.8) is 0 Å². The molecule has 0 heterocycles. The van der Waals surface area contributed by atoms with Gasteiger partial charge in [0.25, 0.3) is 0 Å². The van der Waals surface area contributed by atoms with Gasteiger partial charge in [-0.1, -0.05) is 12.1 Å². The van der Waals surface area contributed by atoms with E-state index in [1.807, 2.05) is 13.0 Å². The van der Waals surface area contributed by atoms with E-state index in [4.69, 9.17) is 14.6 Å². The van der Waals surface area contributed by atoms with Gasteiger partial charge in [0.05, 0.1) is 0 Å². The molecule has 0 amide bonds. The number of rotatable bonds is 7. The molecule has 1 N–H and O–H groups in total. The van der Waals surface area contributed by atoms with E-state index < -0.39 is 12.1 Å². The van der Waals surface area contributed by atoms with Gasteiger partial charge in [-0.25, -0.2) is 9.18 Å². The van der Waals surface area contributed by atoms with Gasteiger partial charge < -0.3 is 14.6 Å². The number of carboxylic acids is 1. The molecule has 0 aliphatic carbocycles. The Labute approximate surface area is 159 Å². The van der Waals surface area contributed by atoms with E-state index in [9.17, 15) is 9.18 Å². The zero-order chi connectivity index (χ0) is 18.4. The van der Waals surface area contributed by atoms with Crippen LogP contribution in [0.4, 0.5) is 4.39 Å². The summed E-state index contributed by atoms with van der Waals surface area (Å²) >= 11 is 2.18. The summed E-state index contributed by atoms with van der Waals surface area (Å²) in [5.41, 5.74) is 1.72. The highest BCUT2D eigenvalue weighted by Gasteiger charge is 2.13. The number of halogens is 2. The molecule has 1 unspecified atom stereocenters. The number of hydrogen-bond donors (Lipinski definition) is 1. The average molecular weight is 456 g/mol. The minimum absolute atomic E-state index is 0.265. The molecule has 1 atom stereocenters. The molecule has 0 saturated carbocycles. The molecule has 6 heteroatoms. The molecular weight excluding hydrogens is 438 g/mol. The van der Waals surface area contributed by atoms with Crippen molar-refractivity contribution in [2.75, 3.05) is 6.61 Å². The van der Waals surface area contributed by atoms with Gasteiger partial charge in [0.15, 0.2) is 6.10 Å². The lowest BCUT2D eigenvalue weighted by Gasteiger charge is -2.13. The van der Waals surface area contributed by atoms with Crippen LogP contribution in [0.2, 0.25) is 0 Å². The molecule has 4 nitrogen and oxygen atoms in total. The first-order chi connectivity index (χ1) is 11.9. The van der Waals surface area contributed by atoms with Crippen LogP contribution in [0.3, 0.4) is 0 Å². The molecule has 132 valence electrons. The summed E-state index contributed by atoms with van der Waals surface area (Å²) in [6, 6.07) is 11.5. The van der Waals surface area contributed by atoms with Crippen LogP contribution in [-0.2, 0) is 4.79 Å². The van der Waals surface area contributed by atoms with E-state index in [0.717, 1.165) is 14.7 Å². The van der Waals surface area contributed by atoms with Crippen LogP contribution in [0.5, 0.6) is 11.5 Å². The third-order valence-electron chi connectivity index (χ3n) is 3.43. The van der Waals surface area contributed by atoms with Crippen molar-refractivity contribution in [1.82, 2.24) is 0 Å². The van der Waals surface area contributed by atoms with Gasteiger partial charge in [-0.05, 0) is 84.0 Å². The third-order valence-corrected chi connectivity index (χ3v) is 4.49. The van der Waals surface area contributed by atoms with Crippen LogP contribution in [0.25, 0.3) is 3.58 Å². The molecule has 0 fully saturated rings. The Kier molecular flexibility index (Phi) is 6.81. The highest BCUT2D eigenvalue weighted by molar-refractivity contribution is 14.1. The number of hydrogen-bond acceptors (Lipinski definition) is 3. The standard InChI is InChI=1S/C19H18FIO4/c1-12-11-16(7-8-18(12)25-13(2)19(22)23)24-10-9-17(21)14-3-5-15(20)6-4-14/h3-9,11,13H,10H2,1-2H3,(H,22,23)/b17-9-. The van der Waals surface area contributed by atoms with Crippen molar-refractivity contribution in [3.05, 3.63) is 65.5 Å². The Morgan fingerprint density at radius 2 is 1.96 bits per heavy atom. The van der Waals surface area contributed by atoms with E-state index in [1.165, 1.54) is 19.1 Å². The van der Waals surface area contributed by atoms with Crippen LogP contribution in [-0.4, -0.2) is 23.8 Å². The Morgan fingerprint density at radius 1 is 1.28 bits per heavy atom. The lowest BCUT2D eigenvalue weighted by Crippen LogP contribution is -2.23. The minimum Gasteiger partial charge on any atom is -0.489 e. The first kappa shape index (κ1) is 19.2. The van der Waals surface area contributed by atoms with Crippen LogP contribution < -0.4 is 9.47 Å².